The molecule has 0 radical (unpaired) electrons. The van der Waals surface area contributed by atoms with Crippen molar-refractivity contribution < 1.29 is 14.1 Å². The number of amides is 2. The number of nitrogens with zero attached hydrogens (tertiary/aromatic N) is 2. The van der Waals surface area contributed by atoms with E-state index in [1.165, 1.54) is 0 Å². The number of carbonyl (C=O) groups is 2. The van der Waals surface area contributed by atoms with E-state index in [9.17, 15) is 9.59 Å². The van der Waals surface area contributed by atoms with E-state index in [1.807, 2.05) is 23.6 Å². The zero-order valence-corrected chi connectivity index (χ0v) is 18.0. The maximum absolute atomic E-state index is 13.2. The molecule has 3 aromatic rings. The molecule has 6 nitrogen and oxygen atoms in total. The number of hydrogen-bond acceptors (Lipinski definition) is 5. The summed E-state index contributed by atoms with van der Waals surface area (Å²) < 4.78 is 5.17. The van der Waals surface area contributed by atoms with Crippen molar-refractivity contribution in [1.82, 2.24) is 10.1 Å². The lowest BCUT2D eigenvalue weighted by molar-refractivity contribution is -0.130. The van der Waals surface area contributed by atoms with Gasteiger partial charge in [0.2, 0.25) is 5.91 Å². The number of piperidine rings is 1. The van der Waals surface area contributed by atoms with Crippen LogP contribution in [0.2, 0.25) is 0 Å². The highest BCUT2D eigenvalue weighted by atomic mass is 32.1. The first-order valence-electron chi connectivity index (χ1n) is 10.1. The van der Waals surface area contributed by atoms with Crippen LogP contribution in [0.5, 0.6) is 0 Å². The largest absolute Gasteiger partial charge is 0.369 e. The third kappa shape index (κ3) is 3.65. The summed E-state index contributed by atoms with van der Waals surface area (Å²) in [5.74, 6) is -0.0151. The predicted octanol–water partition coefficient (Wildman–Crippen LogP) is 3.97. The number of aromatic nitrogens is 1. The highest BCUT2D eigenvalue weighted by molar-refractivity contribution is 7.13. The van der Waals surface area contributed by atoms with Gasteiger partial charge in [-0.05, 0) is 55.7 Å². The van der Waals surface area contributed by atoms with Crippen molar-refractivity contribution in [2.45, 2.75) is 33.1 Å². The summed E-state index contributed by atoms with van der Waals surface area (Å²) >= 11 is 1.67. The fourth-order valence-electron chi connectivity index (χ4n) is 4.40. The summed E-state index contributed by atoms with van der Waals surface area (Å²) in [6.45, 7) is 4.37. The fraction of sp³-hybridized carbons (Fsp3) is 0.348. The van der Waals surface area contributed by atoms with Crippen LogP contribution in [0.4, 0.5) is 0 Å². The van der Waals surface area contributed by atoms with Gasteiger partial charge in [0.15, 0.2) is 0 Å². The number of nitrogens with two attached hydrogens (primary N) is 1. The molecule has 1 atom stereocenters. The second-order valence-corrected chi connectivity index (χ2v) is 8.93. The maximum atomic E-state index is 13.2. The second-order valence-electron chi connectivity index (χ2n) is 7.99. The molecule has 1 aromatic carbocycles. The number of rotatable bonds is 5. The van der Waals surface area contributed by atoms with E-state index < -0.39 is 5.41 Å². The highest BCUT2D eigenvalue weighted by Crippen LogP contribution is 2.38. The summed E-state index contributed by atoms with van der Waals surface area (Å²) in [6.07, 6.45) is 1.88. The molecule has 1 aliphatic heterocycles. The second kappa shape index (κ2) is 8.07. The van der Waals surface area contributed by atoms with Crippen LogP contribution < -0.4 is 5.73 Å². The number of carbonyl (C=O) groups excluding carboxylic acids is 2. The predicted molar refractivity (Wildman–Crippen MR) is 116 cm³/mol. The van der Waals surface area contributed by atoms with Gasteiger partial charge in [-0.2, -0.15) is 0 Å². The molecule has 0 bridgehead atoms. The molecular weight excluding hydrogens is 398 g/mol. The zero-order valence-electron chi connectivity index (χ0n) is 17.2. The Morgan fingerprint density at radius 2 is 2.03 bits per heavy atom. The molecule has 0 aliphatic carbocycles. The third-order valence-corrected chi connectivity index (χ3v) is 6.87. The minimum Gasteiger partial charge on any atom is -0.369 e. The third-order valence-electron chi connectivity index (χ3n) is 5.97. The van der Waals surface area contributed by atoms with Gasteiger partial charge >= 0.3 is 0 Å². The molecule has 2 amide bonds. The Morgan fingerprint density at radius 1 is 1.23 bits per heavy atom. The van der Waals surface area contributed by atoms with E-state index in [0.29, 0.717) is 42.9 Å². The highest BCUT2D eigenvalue weighted by Gasteiger charge is 2.43. The van der Waals surface area contributed by atoms with Gasteiger partial charge in [0.25, 0.3) is 5.91 Å². The van der Waals surface area contributed by atoms with Crippen LogP contribution in [-0.4, -0.2) is 35.0 Å². The molecule has 7 heteroatoms. The summed E-state index contributed by atoms with van der Waals surface area (Å²) in [4.78, 5) is 28.8. The van der Waals surface area contributed by atoms with E-state index in [2.05, 4.69) is 23.4 Å². The molecule has 30 heavy (non-hydrogen) atoms. The van der Waals surface area contributed by atoms with Gasteiger partial charge < -0.3 is 15.2 Å². The van der Waals surface area contributed by atoms with Crippen LogP contribution in [0.3, 0.4) is 0 Å². The van der Waals surface area contributed by atoms with Gasteiger partial charge in [-0.25, -0.2) is 0 Å². The van der Waals surface area contributed by atoms with Crippen LogP contribution in [0.25, 0.3) is 10.4 Å². The van der Waals surface area contributed by atoms with Crippen molar-refractivity contribution in [1.29, 1.82) is 0 Å². The molecule has 1 saturated heterocycles. The number of likely N-dealkylation sites (tertiary alicyclic amines) is 1. The van der Waals surface area contributed by atoms with Gasteiger partial charge in [0.05, 0.1) is 11.1 Å². The van der Waals surface area contributed by atoms with Crippen LogP contribution in [0.1, 0.15) is 40.2 Å². The standard InChI is InChI=1S/C23H25N3O3S/c1-15-20(16(2)29-25-15)21(27)26-11-6-10-23(14-26,22(24)28)13-17-7-3-4-8-18(17)19-9-5-12-30-19/h3-5,7-9,12H,6,10-11,13-14H2,1-2H3,(H2,24,28)/t23-/m0/s1. The number of hydrogen-bond donors (Lipinski definition) is 1. The quantitative estimate of drug-likeness (QED) is 0.672. The Balaban J connectivity index is 1.66. The van der Waals surface area contributed by atoms with Gasteiger partial charge in [-0.3, -0.25) is 9.59 Å². The van der Waals surface area contributed by atoms with Crippen LogP contribution >= 0.6 is 11.3 Å². The number of thiophene rings is 1. The molecule has 156 valence electrons. The van der Waals surface area contributed by atoms with Crippen molar-refractivity contribution in [3.63, 3.8) is 0 Å². The Labute approximate surface area is 179 Å². The monoisotopic (exact) mass is 423 g/mol. The molecule has 2 N–H and O–H groups in total. The van der Waals surface area contributed by atoms with Crippen molar-refractivity contribution in [3.05, 3.63) is 64.4 Å². The lowest BCUT2D eigenvalue weighted by Gasteiger charge is -2.41. The summed E-state index contributed by atoms with van der Waals surface area (Å²) in [5, 5.41) is 5.94. The molecule has 4 rings (SSSR count). The first-order chi connectivity index (χ1) is 14.4. The van der Waals surface area contributed by atoms with Crippen molar-refractivity contribution >= 4 is 23.2 Å². The van der Waals surface area contributed by atoms with Crippen LogP contribution in [-0.2, 0) is 11.2 Å². The Hall–Kier alpha value is -2.93. The van der Waals surface area contributed by atoms with E-state index >= 15 is 0 Å². The Kier molecular flexibility index (Phi) is 5.47. The topological polar surface area (TPSA) is 89.4 Å². The summed E-state index contributed by atoms with van der Waals surface area (Å²) in [6, 6.07) is 12.2. The van der Waals surface area contributed by atoms with Gasteiger partial charge in [-0.1, -0.05) is 35.5 Å². The first kappa shape index (κ1) is 20.3. The van der Waals surface area contributed by atoms with Crippen molar-refractivity contribution in [2.24, 2.45) is 11.1 Å². The molecule has 2 aromatic heterocycles. The SMILES string of the molecule is Cc1noc(C)c1C(=O)N1CCC[C@@](Cc2ccccc2-c2cccs2)(C(N)=O)C1. The average Bonchev–Trinajstić information content (AvgIpc) is 3.38. The number of primary amides is 1. The normalized spacial score (nSPS) is 19.1. The molecular formula is C23H25N3O3S. The minimum atomic E-state index is -0.805. The zero-order chi connectivity index (χ0) is 21.3. The van der Waals surface area contributed by atoms with Gasteiger partial charge in [-0.15, -0.1) is 11.3 Å². The average molecular weight is 424 g/mol. The maximum Gasteiger partial charge on any atom is 0.259 e. The van der Waals surface area contributed by atoms with Crippen molar-refractivity contribution in [2.75, 3.05) is 13.1 Å². The molecule has 3 heterocycles. The Morgan fingerprint density at radius 3 is 2.70 bits per heavy atom. The first-order valence-corrected chi connectivity index (χ1v) is 10.9. The lowest BCUT2D eigenvalue weighted by atomic mass is 9.73. The lowest BCUT2D eigenvalue weighted by Crippen LogP contribution is -2.53. The molecule has 1 aliphatic rings. The van der Waals surface area contributed by atoms with E-state index in [0.717, 1.165) is 22.4 Å². The minimum absolute atomic E-state index is 0.150. The molecule has 0 spiro atoms. The van der Waals surface area contributed by atoms with E-state index in [-0.39, 0.29) is 11.8 Å². The summed E-state index contributed by atoms with van der Waals surface area (Å²) in [7, 11) is 0. The van der Waals surface area contributed by atoms with Crippen LogP contribution in [0.15, 0.2) is 46.3 Å². The number of benzene rings is 1. The number of aryl methyl sites for hydroxylation is 2. The van der Waals surface area contributed by atoms with Gasteiger partial charge in [0.1, 0.15) is 11.3 Å². The Bertz CT molecular complexity index is 1050. The van der Waals surface area contributed by atoms with Crippen molar-refractivity contribution in [3.8, 4) is 10.4 Å². The smallest absolute Gasteiger partial charge is 0.259 e. The van der Waals surface area contributed by atoms with E-state index in [4.69, 9.17) is 10.3 Å². The van der Waals surface area contributed by atoms with E-state index in [1.54, 1.807) is 30.1 Å². The summed E-state index contributed by atoms with van der Waals surface area (Å²) in [5.41, 5.74) is 8.38. The molecule has 0 unspecified atom stereocenters. The molecule has 1 fully saturated rings. The fourth-order valence-corrected chi connectivity index (χ4v) is 5.18. The molecule has 0 saturated carbocycles. The van der Waals surface area contributed by atoms with Crippen LogP contribution in [0, 0.1) is 19.3 Å². The van der Waals surface area contributed by atoms with Gasteiger partial charge in [0, 0.05) is 18.0 Å².